The van der Waals surface area contributed by atoms with Crippen LogP contribution >= 0.6 is 12.2 Å². The number of nitrogens with one attached hydrogen (secondary N) is 1. The summed E-state index contributed by atoms with van der Waals surface area (Å²) in [6, 6.07) is 12.4. The molecule has 0 radical (unpaired) electrons. The van der Waals surface area contributed by atoms with Gasteiger partial charge in [-0.05, 0) is 62.5 Å². The summed E-state index contributed by atoms with van der Waals surface area (Å²) >= 11 is 5.59. The molecule has 22 heavy (non-hydrogen) atoms. The first kappa shape index (κ1) is 14.9. The van der Waals surface area contributed by atoms with Crippen molar-refractivity contribution in [2.45, 2.75) is 26.4 Å². The van der Waals surface area contributed by atoms with Gasteiger partial charge < -0.3 is 19.5 Å². The number of fused-ring (bicyclic) bond motifs is 1. The smallest absolute Gasteiger partial charge is 0.174 e. The normalized spacial score (nSPS) is 17.0. The molecule has 0 fully saturated rings. The number of thiocarbonyl (C=S) groups is 1. The van der Waals surface area contributed by atoms with Gasteiger partial charge in [-0.1, -0.05) is 0 Å². The van der Waals surface area contributed by atoms with Gasteiger partial charge in [0.1, 0.15) is 5.75 Å². The standard InChI is InChI=1S/C17H21N3OS/c1-3-21-15-8-6-14(7-9-15)18-17(22)20-12-11-19-10-4-5-16(19)13(20)2/h4-10,13H,3,11-12H2,1-2H3,(H,18,22)/t13-/m1/s1. The van der Waals surface area contributed by atoms with Gasteiger partial charge in [0.15, 0.2) is 5.11 Å². The van der Waals surface area contributed by atoms with Crippen LogP contribution in [0.1, 0.15) is 25.6 Å². The summed E-state index contributed by atoms with van der Waals surface area (Å²) in [6.07, 6.45) is 2.13. The van der Waals surface area contributed by atoms with Crippen molar-refractivity contribution >= 4 is 23.0 Å². The van der Waals surface area contributed by atoms with Crippen molar-refractivity contribution in [2.75, 3.05) is 18.5 Å². The molecule has 3 rings (SSSR count). The lowest BCUT2D eigenvalue weighted by Gasteiger charge is -2.36. The molecular weight excluding hydrogens is 294 g/mol. The summed E-state index contributed by atoms with van der Waals surface area (Å²) in [5.74, 6) is 0.878. The van der Waals surface area contributed by atoms with E-state index < -0.39 is 0 Å². The first-order valence-electron chi connectivity index (χ1n) is 7.64. The van der Waals surface area contributed by atoms with Gasteiger partial charge >= 0.3 is 0 Å². The highest BCUT2D eigenvalue weighted by Crippen LogP contribution is 2.26. The lowest BCUT2D eigenvalue weighted by Crippen LogP contribution is -2.42. The van der Waals surface area contributed by atoms with E-state index >= 15 is 0 Å². The van der Waals surface area contributed by atoms with Crippen LogP contribution in [0.15, 0.2) is 42.6 Å². The summed E-state index contributed by atoms with van der Waals surface area (Å²) in [5, 5.41) is 4.09. The number of anilines is 1. The number of nitrogens with zero attached hydrogens (tertiary/aromatic N) is 2. The zero-order valence-corrected chi connectivity index (χ0v) is 13.8. The Kier molecular flexibility index (Phi) is 4.34. The molecule has 0 spiro atoms. The zero-order valence-electron chi connectivity index (χ0n) is 13.0. The topological polar surface area (TPSA) is 29.4 Å². The molecule has 0 bridgehead atoms. The Morgan fingerprint density at radius 2 is 2.05 bits per heavy atom. The van der Waals surface area contributed by atoms with Crippen molar-refractivity contribution in [1.82, 2.24) is 9.47 Å². The Morgan fingerprint density at radius 3 is 2.77 bits per heavy atom. The molecular formula is C17H21N3OS. The van der Waals surface area contributed by atoms with E-state index in [2.05, 4.69) is 40.0 Å². The average molecular weight is 315 g/mol. The quantitative estimate of drug-likeness (QED) is 0.875. The van der Waals surface area contributed by atoms with Crippen molar-refractivity contribution < 1.29 is 4.74 Å². The van der Waals surface area contributed by atoms with Gasteiger partial charge in [0.05, 0.1) is 12.6 Å². The van der Waals surface area contributed by atoms with Crippen LogP contribution in [-0.2, 0) is 6.54 Å². The minimum absolute atomic E-state index is 0.284. The summed E-state index contributed by atoms with van der Waals surface area (Å²) < 4.78 is 7.75. The molecule has 1 aliphatic heterocycles. The fraction of sp³-hybridized carbons (Fsp3) is 0.353. The maximum absolute atomic E-state index is 5.59. The maximum Gasteiger partial charge on any atom is 0.174 e. The second-order valence-electron chi connectivity index (χ2n) is 5.38. The number of benzene rings is 1. The number of ether oxygens (including phenoxy) is 1. The average Bonchev–Trinajstić information content (AvgIpc) is 2.99. The first-order valence-corrected chi connectivity index (χ1v) is 8.05. The van der Waals surface area contributed by atoms with E-state index in [0.717, 1.165) is 29.6 Å². The van der Waals surface area contributed by atoms with E-state index in [1.165, 1.54) is 5.69 Å². The summed E-state index contributed by atoms with van der Waals surface area (Å²) in [7, 11) is 0. The largest absolute Gasteiger partial charge is 0.494 e. The van der Waals surface area contributed by atoms with Crippen molar-refractivity contribution in [1.29, 1.82) is 0 Å². The maximum atomic E-state index is 5.59. The third kappa shape index (κ3) is 2.95. The first-order chi connectivity index (χ1) is 10.7. The minimum Gasteiger partial charge on any atom is -0.494 e. The third-order valence-electron chi connectivity index (χ3n) is 4.02. The summed E-state index contributed by atoms with van der Waals surface area (Å²) in [4.78, 5) is 2.24. The molecule has 4 nitrogen and oxygen atoms in total. The van der Waals surface area contributed by atoms with Gasteiger partial charge in [0.2, 0.25) is 0 Å². The Hall–Kier alpha value is -2.01. The van der Waals surface area contributed by atoms with Gasteiger partial charge in [-0.25, -0.2) is 0 Å². The second kappa shape index (κ2) is 6.40. The molecule has 1 aromatic carbocycles. The van der Waals surface area contributed by atoms with Crippen molar-refractivity contribution in [2.24, 2.45) is 0 Å². The van der Waals surface area contributed by atoms with Crippen LogP contribution in [0.25, 0.3) is 0 Å². The fourth-order valence-corrected chi connectivity index (χ4v) is 3.22. The van der Waals surface area contributed by atoms with Gasteiger partial charge in [-0.15, -0.1) is 0 Å². The molecule has 0 aliphatic carbocycles. The van der Waals surface area contributed by atoms with Crippen molar-refractivity contribution in [3.8, 4) is 5.75 Å². The molecule has 1 N–H and O–H groups in total. The van der Waals surface area contributed by atoms with Gasteiger partial charge in [-0.2, -0.15) is 0 Å². The predicted octanol–water partition coefficient (Wildman–Crippen LogP) is 3.66. The highest BCUT2D eigenvalue weighted by Gasteiger charge is 2.25. The van der Waals surface area contributed by atoms with Crippen LogP contribution in [0, 0.1) is 0 Å². The third-order valence-corrected chi connectivity index (χ3v) is 4.36. The fourth-order valence-electron chi connectivity index (χ4n) is 2.85. The Morgan fingerprint density at radius 1 is 1.27 bits per heavy atom. The van der Waals surface area contributed by atoms with Gasteiger partial charge in [-0.3, -0.25) is 0 Å². The molecule has 0 saturated heterocycles. The van der Waals surface area contributed by atoms with Crippen LogP contribution in [0.3, 0.4) is 0 Å². The Labute approximate surface area is 136 Å². The Bertz CT molecular complexity index is 650. The van der Waals surface area contributed by atoms with Crippen LogP contribution in [0.4, 0.5) is 5.69 Å². The molecule has 0 amide bonds. The number of aromatic nitrogens is 1. The monoisotopic (exact) mass is 315 g/mol. The number of hydrogen-bond donors (Lipinski definition) is 1. The van der Waals surface area contributed by atoms with Crippen LogP contribution < -0.4 is 10.1 Å². The molecule has 0 saturated carbocycles. The molecule has 1 atom stereocenters. The van der Waals surface area contributed by atoms with E-state index in [-0.39, 0.29) is 6.04 Å². The molecule has 2 heterocycles. The van der Waals surface area contributed by atoms with Crippen LogP contribution in [-0.4, -0.2) is 27.7 Å². The zero-order chi connectivity index (χ0) is 15.5. The second-order valence-corrected chi connectivity index (χ2v) is 5.77. The van der Waals surface area contributed by atoms with E-state index in [1.807, 2.05) is 31.2 Å². The predicted molar refractivity (Wildman–Crippen MR) is 93.4 cm³/mol. The molecule has 0 unspecified atom stereocenters. The van der Waals surface area contributed by atoms with Gasteiger partial charge in [0.25, 0.3) is 0 Å². The van der Waals surface area contributed by atoms with Crippen LogP contribution in [0.5, 0.6) is 5.75 Å². The van der Waals surface area contributed by atoms with Gasteiger partial charge in [0, 0.05) is 30.7 Å². The Balaban J connectivity index is 1.67. The van der Waals surface area contributed by atoms with E-state index in [0.29, 0.717) is 6.61 Å². The number of hydrogen-bond acceptors (Lipinski definition) is 2. The molecule has 2 aromatic rings. The molecule has 1 aliphatic rings. The summed E-state index contributed by atoms with van der Waals surface area (Å²) in [5.41, 5.74) is 2.30. The van der Waals surface area contributed by atoms with E-state index in [1.54, 1.807) is 0 Å². The highest BCUT2D eigenvalue weighted by atomic mass is 32.1. The molecule has 5 heteroatoms. The van der Waals surface area contributed by atoms with E-state index in [4.69, 9.17) is 17.0 Å². The molecule has 1 aromatic heterocycles. The minimum atomic E-state index is 0.284. The summed E-state index contributed by atoms with van der Waals surface area (Å²) in [6.45, 7) is 6.74. The molecule has 116 valence electrons. The van der Waals surface area contributed by atoms with E-state index in [9.17, 15) is 0 Å². The number of rotatable bonds is 3. The van der Waals surface area contributed by atoms with Crippen LogP contribution in [0.2, 0.25) is 0 Å². The highest BCUT2D eigenvalue weighted by molar-refractivity contribution is 7.80. The lowest BCUT2D eigenvalue weighted by atomic mass is 10.1. The lowest BCUT2D eigenvalue weighted by molar-refractivity contribution is 0.276. The van der Waals surface area contributed by atoms with Crippen molar-refractivity contribution in [3.05, 3.63) is 48.3 Å². The SMILES string of the molecule is CCOc1ccc(NC(=S)N2CCn3cccc3[C@H]2C)cc1. The van der Waals surface area contributed by atoms with Crippen molar-refractivity contribution in [3.63, 3.8) is 0 Å².